The minimum Gasteiger partial charge on any atom is -0.482 e. The van der Waals surface area contributed by atoms with Gasteiger partial charge in [-0.25, -0.2) is 14.6 Å². The van der Waals surface area contributed by atoms with E-state index in [0.29, 0.717) is 16.9 Å². The first-order chi connectivity index (χ1) is 15.1. The third kappa shape index (κ3) is 4.87. The molecule has 0 saturated heterocycles. The highest BCUT2D eigenvalue weighted by Crippen LogP contribution is 2.24. The van der Waals surface area contributed by atoms with Crippen molar-refractivity contribution in [3.05, 3.63) is 95.7 Å². The minimum absolute atomic E-state index is 0.187. The van der Waals surface area contributed by atoms with Crippen LogP contribution in [0.3, 0.4) is 0 Å². The van der Waals surface area contributed by atoms with Gasteiger partial charge in [0.2, 0.25) is 5.90 Å². The summed E-state index contributed by atoms with van der Waals surface area (Å²) in [6.45, 7) is -0.195. The molecule has 0 N–H and O–H groups in total. The zero-order valence-electron chi connectivity index (χ0n) is 16.8. The number of cyclic esters (lactones) is 1. The zero-order chi connectivity index (χ0) is 21.6. The van der Waals surface area contributed by atoms with Gasteiger partial charge in [-0.1, -0.05) is 54.6 Å². The number of ether oxygens (including phenoxy) is 3. The van der Waals surface area contributed by atoms with E-state index in [1.807, 2.05) is 54.6 Å². The molecule has 0 saturated carbocycles. The predicted octanol–water partition coefficient (Wildman–Crippen LogP) is 4.25. The van der Waals surface area contributed by atoms with Crippen molar-refractivity contribution in [1.29, 1.82) is 0 Å². The summed E-state index contributed by atoms with van der Waals surface area (Å²) in [5.74, 6) is -0.264. The van der Waals surface area contributed by atoms with E-state index >= 15 is 0 Å². The molecule has 0 unspecified atom stereocenters. The monoisotopic (exact) mass is 413 g/mol. The summed E-state index contributed by atoms with van der Waals surface area (Å²) in [6.07, 6.45) is 1.61. The van der Waals surface area contributed by atoms with Crippen LogP contribution in [0.25, 0.3) is 17.2 Å². The van der Waals surface area contributed by atoms with Crippen molar-refractivity contribution in [2.24, 2.45) is 4.99 Å². The number of carbonyl (C=O) groups excluding carboxylic acids is 2. The number of rotatable bonds is 6. The molecule has 0 radical (unpaired) electrons. The molecule has 3 aromatic rings. The average Bonchev–Trinajstić information content (AvgIpc) is 3.18. The van der Waals surface area contributed by atoms with E-state index in [4.69, 9.17) is 9.47 Å². The molecule has 154 valence electrons. The lowest BCUT2D eigenvalue weighted by Gasteiger charge is -2.05. The Morgan fingerprint density at radius 1 is 0.935 bits per heavy atom. The average molecular weight is 413 g/mol. The fourth-order valence-electron chi connectivity index (χ4n) is 3.02. The number of carbonyl (C=O) groups is 2. The van der Waals surface area contributed by atoms with Gasteiger partial charge in [0.25, 0.3) is 0 Å². The summed E-state index contributed by atoms with van der Waals surface area (Å²) in [6, 6.07) is 24.6. The fourth-order valence-corrected chi connectivity index (χ4v) is 3.02. The van der Waals surface area contributed by atoms with E-state index in [1.54, 1.807) is 30.3 Å². The van der Waals surface area contributed by atoms with E-state index in [0.717, 1.165) is 11.1 Å². The van der Waals surface area contributed by atoms with Crippen molar-refractivity contribution in [2.75, 3.05) is 13.7 Å². The number of methoxy groups -OCH3 is 1. The Morgan fingerprint density at radius 3 is 2.39 bits per heavy atom. The summed E-state index contributed by atoms with van der Waals surface area (Å²) in [5, 5.41) is 0. The van der Waals surface area contributed by atoms with E-state index in [-0.39, 0.29) is 18.2 Å². The molecule has 3 aromatic carbocycles. The lowest BCUT2D eigenvalue weighted by atomic mass is 10.0. The van der Waals surface area contributed by atoms with Gasteiger partial charge in [0.1, 0.15) is 5.75 Å². The molecule has 6 nitrogen and oxygen atoms in total. The number of aliphatic imine (C=N–C) groups is 1. The highest BCUT2D eigenvalue weighted by molar-refractivity contribution is 6.13. The summed E-state index contributed by atoms with van der Waals surface area (Å²) in [7, 11) is 1.29. The second kappa shape index (κ2) is 9.09. The lowest BCUT2D eigenvalue weighted by Crippen LogP contribution is -2.12. The Kier molecular flexibility index (Phi) is 5.89. The second-order valence-corrected chi connectivity index (χ2v) is 6.72. The largest absolute Gasteiger partial charge is 0.482 e. The van der Waals surface area contributed by atoms with Gasteiger partial charge >= 0.3 is 11.9 Å². The Labute approximate surface area is 179 Å². The molecule has 0 aromatic heterocycles. The normalized spacial score (nSPS) is 14.2. The molecular weight excluding hydrogens is 394 g/mol. The van der Waals surface area contributed by atoms with Crippen LogP contribution in [0.15, 0.2) is 89.6 Å². The molecule has 1 aliphatic heterocycles. The molecule has 1 aliphatic rings. The van der Waals surface area contributed by atoms with E-state index in [2.05, 4.69) is 9.73 Å². The van der Waals surface area contributed by atoms with Crippen LogP contribution in [0, 0.1) is 0 Å². The van der Waals surface area contributed by atoms with Gasteiger partial charge in [0.15, 0.2) is 12.3 Å². The van der Waals surface area contributed by atoms with Crippen molar-refractivity contribution < 1.29 is 23.8 Å². The van der Waals surface area contributed by atoms with Crippen molar-refractivity contribution in [3.63, 3.8) is 0 Å². The second-order valence-electron chi connectivity index (χ2n) is 6.72. The van der Waals surface area contributed by atoms with Gasteiger partial charge in [0, 0.05) is 5.56 Å². The van der Waals surface area contributed by atoms with Crippen LogP contribution in [0.2, 0.25) is 0 Å². The van der Waals surface area contributed by atoms with Gasteiger partial charge in [-0.05, 0) is 47.0 Å². The molecule has 0 bridgehead atoms. The van der Waals surface area contributed by atoms with Crippen molar-refractivity contribution in [2.45, 2.75) is 0 Å². The Balaban J connectivity index is 1.52. The van der Waals surface area contributed by atoms with E-state index in [9.17, 15) is 9.59 Å². The summed E-state index contributed by atoms with van der Waals surface area (Å²) in [5.41, 5.74) is 3.76. The van der Waals surface area contributed by atoms with Gasteiger partial charge in [-0.15, -0.1) is 0 Å². The van der Waals surface area contributed by atoms with Crippen LogP contribution in [-0.4, -0.2) is 31.6 Å². The summed E-state index contributed by atoms with van der Waals surface area (Å²) >= 11 is 0. The van der Waals surface area contributed by atoms with Crippen molar-refractivity contribution in [3.8, 4) is 16.9 Å². The standard InChI is InChI=1S/C25H19NO5/c1-29-23(27)16-30-21-9-5-6-17(14-21)15-22-25(28)31-24(26-22)20-12-10-19(11-13-20)18-7-3-2-4-8-18/h2-15H,16H2,1H3/b22-15-. The Hall–Kier alpha value is -4.19. The maximum absolute atomic E-state index is 12.3. The van der Waals surface area contributed by atoms with Crippen LogP contribution < -0.4 is 4.74 Å². The molecule has 0 spiro atoms. The van der Waals surface area contributed by atoms with Gasteiger partial charge in [-0.3, -0.25) is 0 Å². The zero-order valence-corrected chi connectivity index (χ0v) is 16.8. The maximum atomic E-state index is 12.3. The van der Waals surface area contributed by atoms with Crippen molar-refractivity contribution >= 4 is 23.9 Å². The maximum Gasteiger partial charge on any atom is 0.363 e. The van der Waals surface area contributed by atoms with Crippen LogP contribution in [0.1, 0.15) is 11.1 Å². The molecule has 0 aliphatic carbocycles. The molecule has 6 heteroatoms. The topological polar surface area (TPSA) is 74.2 Å². The van der Waals surface area contributed by atoms with Gasteiger partial charge in [-0.2, -0.15) is 0 Å². The highest BCUT2D eigenvalue weighted by Gasteiger charge is 2.24. The van der Waals surface area contributed by atoms with Crippen LogP contribution >= 0.6 is 0 Å². The van der Waals surface area contributed by atoms with Gasteiger partial charge in [0.05, 0.1) is 7.11 Å². The predicted molar refractivity (Wildman–Crippen MR) is 116 cm³/mol. The highest BCUT2D eigenvalue weighted by atomic mass is 16.6. The number of esters is 2. The summed E-state index contributed by atoms with van der Waals surface area (Å²) in [4.78, 5) is 27.9. The Morgan fingerprint density at radius 2 is 1.65 bits per heavy atom. The number of nitrogens with zero attached hydrogens (tertiary/aromatic N) is 1. The molecule has 0 fully saturated rings. The first-order valence-corrected chi connectivity index (χ1v) is 9.60. The lowest BCUT2D eigenvalue weighted by molar-refractivity contribution is -0.142. The summed E-state index contributed by atoms with van der Waals surface area (Å²) < 4.78 is 15.3. The van der Waals surface area contributed by atoms with Crippen LogP contribution in [0.4, 0.5) is 0 Å². The smallest absolute Gasteiger partial charge is 0.363 e. The third-order valence-electron chi connectivity index (χ3n) is 4.61. The first kappa shape index (κ1) is 20.1. The molecular formula is C25H19NO5. The number of hydrogen-bond acceptors (Lipinski definition) is 6. The van der Waals surface area contributed by atoms with E-state index < -0.39 is 11.9 Å². The molecule has 0 atom stereocenters. The van der Waals surface area contributed by atoms with Gasteiger partial charge < -0.3 is 14.2 Å². The molecule has 31 heavy (non-hydrogen) atoms. The third-order valence-corrected chi connectivity index (χ3v) is 4.61. The molecule has 1 heterocycles. The molecule has 0 amide bonds. The van der Waals surface area contributed by atoms with Crippen molar-refractivity contribution in [1.82, 2.24) is 0 Å². The number of hydrogen-bond donors (Lipinski definition) is 0. The number of benzene rings is 3. The quantitative estimate of drug-likeness (QED) is 0.446. The molecule has 4 rings (SSSR count). The SMILES string of the molecule is COC(=O)COc1cccc(/C=C2\N=C(c3ccc(-c4ccccc4)cc3)OC2=O)c1. The van der Waals surface area contributed by atoms with Crippen LogP contribution in [0.5, 0.6) is 5.75 Å². The first-order valence-electron chi connectivity index (χ1n) is 9.60. The fraction of sp³-hybridized carbons (Fsp3) is 0.0800. The van der Waals surface area contributed by atoms with E-state index in [1.165, 1.54) is 7.11 Å². The minimum atomic E-state index is -0.525. The Bertz CT molecular complexity index is 1160. The van der Waals surface area contributed by atoms with Crippen LogP contribution in [-0.2, 0) is 19.1 Å².